The number of aryl methyl sites for hydroxylation is 2. The first-order chi connectivity index (χ1) is 8.77. The lowest BCUT2D eigenvalue weighted by molar-refractivity contribution is -0.141. The van der Waals surface area contributed by atoms with E-state index < -0.39 is 11.9 Å². The number of halogens is 3. The summed E-state index contributed by atoms with van der Waals surface area (Å²) in [6.07, 6.45) is -3.63. The van der Waals surface area contributed by atoms with E-state index in [2.05, 4.69) is 10.1 Å². The maximum absolute atomic E-state index is 12.5. The van der Waals surface area contributed by atoms with Crippen molar-refractivity contribution < 1.29 is 17.9 Å². The van der Waals surface area contributed by atoms with Gasteiger partial charge < -0.3 is 10.5 Å². The molecule has 2 aromatic rings. The van der Waals surface area contributed by atoms with Crippen molar-refractivity contribution in [1.82, 2.24) is 14.8 Å². The average Bonchev–Trinajstić information content (AvgIpc) is 2.59. The standard InChI is InChI=1S/C11H11F3N4O/c1-6-3-10(18(2)17-6)19-8-4-9(11(12,13)14)16-5-7(8)15/h3-5H,15H2,1-2H3. The molecule has 19 heavy (non-hydrogen) atoms. The van der Waals surface area contributed by atoms with Crippen LogP contribution in [0.15, 0.2) is 18.3 Å². The van der Waals surface area contributed by atoms with Crippen molar-refractivity contribution in [3.63, 3.8) is 0 Å². The Hall–Kier alpha value is -2.25. The van der Waals surface area contributed by atoms with Gasteiger partial charge in [0.05, 0.1) is 17.6 Å². The predicted octanol–water partition coefficient (Wildman–Crippen LogP) is 2.52. The second kappa shape index (κ2) is 4.45. The first-order valence-corrected chi connectivity index (χ1v) is 5.28. The minimum atomic E-state index is -4.55. The van der Waals surface area contributed by atoms with Crippen LogP contribution < -0.4 is 10.5 Å². The van der Waals surface area contributed by atoms with Crippen LogP contribution in [0.2, 0.25) is 0 Å². The van der Waals surface area contributed by atoms with Crippen LogP contribution in [0, 0.1) is 6.92 Å². The molecule has 2 rings (SSSR count). The molecule has 0 radical (unpaired) electrons. The maximum Gasteiger partial charge on any atom is 0.433 e. The molecular weight excluding hydrogens is 261 g/mol. The zero-order chi connectivity index (χ0) is 14.2. The highest BCUT2D eigenvalue weighted by Gasteiger charge is 2.33. The molecule has 0 aliphatic carbocycles. The van der Waals surface area contributed by atoms with Gasteiger partial charge in [-0.1, -0.05) is 0 Å². The summed E-state index contributed by atoms with van der Waals surface area (Å²) in [7, 11) is 1.62. The Morgan fingerprint density at radius 3 is 2.53 bits per heavy atom. The number of nitrogens with zero attached hydrogens (tertiary/aromatic N) is 3. The molecule has 2 heterocycles. The zero-order valence-corrected chi connectivity index (χ0v) is 10.2. The molecule has 0 unspecified atom stereocenters. The van der Waals surface area contributed by atoms with Crippen molar-refractivity contribution in [3.05, 3.63) is 29.7 Å². The lowest BCUT2D eigenvalue weighted by atomic mass is 10.3. The van der Waals surface area contributed by atoms with Gasteiger partial charge in [0.2, 0.25) is 5.88 Å². The Kier molecular flexibility index (Phi) is 3.09. The number of hydrogen-bond donors (Lipinski definition) is 1. The maximum atomic E-state index is 12.5. The quantitative estimate of drug-likeness (QED) is 0.912. The molecular formula is C11H11F3N4O. The number of anilines is 1. The molecule has 0 amide bonds. The molecule has 0 fully saturated rings. The van der Waals surface area contributed by atoms with Crippen LogP contribution in [0.25, 0.3) is 0 Å². The number of alkyl halides is 3. The van der Waals surface area contributed by atoms with E-state index in [1.54, 1.807) is 20.0 Å². The number of rotatable bonds is 2. The van der Waals surface area contributed by atoms with E-state index in [1.807, 2.05) is 0 Å². The van der Waals surface area contributed by atoms with Gasteiger partial charge in [-0.25, -0.2) is 9.67 Å². The Bertz CT molecular complexity index is 606. The van der Waals surface area contributed by atoms with Crippen molar-refractivity contribution in [3.8, 4) is 11.6 Å². The van der Waals surface area contributed by atoms with Crippen LogP contribution >= 0.6 is 0 Å². The molecule has 0 saturated heterocycles. The Balaban J connectivity index is 2.37. The summed E-state index contributed by atoms with van der Waals surface area (Å²) in [5.74, 6) is 0.189. The molecule has 0 spiro atoms. The average molecular weight is 272 g/mol. The second-order valence-corrected chi connectivity index (χ2v) is 3.95. The molecule has 102 valence electrons. The van der Waals surface area contributed by atoms with Gasteiger partial charge in [0.1, 0.15) is 5.69 Å². The van der Waals surface area contributed by atoms with Crippen LogP contribution in [0.4, 0.5) is 18.9 Å². The minimum absolute atomic E-state index is 0.0202. The summed E-state index contributed by atoms with van der Waals surface area (Å²) >= 11 is 0. The normalized spacial score (nSPS) is 11.6. The van der Waals surface area contributed by atoms with Crippen LogP contribution in [-0.4, -0.2) is 14.8 Å². The van der Waals surface area contributed by atoms with E-state index in [4.69, 9.17) is 10.5 Å². The number of aromatic nitrogens is 3. The third-order valence-corrected chi connectivity index (χ3v) is 2.36. The van der Waals surface area contributed by atoms with E-state index in [0.29, 0.717) is 11.6 Å². The molecule has 0 aliphatic rings. The van der Waals surface area contributed by atoms with Crippen LogP contribution in [-0.2, 0) is 13.2 Å². The minimum Gasteiger partial charge on any atom is -0.437 e. The smallest absolute Gasteiger partial charge is 0.433 e. The van der Waals surface area contributed by atoms with Gasteiger partial charge >= 0.3 is 6.18 Å². The predicted molar refractivity (Wildman–Crippen MR) is 61.7 cm³/mol. The summed E-state index contributed by atoms with van der Waals surface area (Å²) in [6, 6.07) is 2.35. The Morgan fingerprint density at radius 2 is 2.00 bits per heavy atom. The van der Waals surface area contributed by atoms with Crippen molar-refractivity contribution in [2.24, 2.45) is 7.05 Å². The fourth-order valence-electron chi connectivity index (χ4n) is 1.49. The highest BCUT2D eigenvalue weighted by Crippen LogP contribution is 2.34. The number of nitrogen functional groups attached to an aromatic ring is 1. The van der Waals surface area contributed by atoms with E-state index in [1.165, 1.54) is 4.68 Å². The number of hydrogen-bond acceptors (Lipinski definition) is 4. The van der Waals surface area contributed by atoms with Gasteiger partial charge in [-0.05, 0) is 6.92 Å². The fraction of sp³-hybridized carbons (Fsp3) is 0.273. The molecule has 5 nitrogen and oxygen atoms in total. The van der Waals surface area contributed by atoms with Crippen molar-refractivity contribution in [1.29, 1.82) is 0 Å². The van der Waals surface area contributed by atoms with E-state index in [-0.39, 0.29) is 11.4 Å². The lowest BCUT2D eigenvalue weighted by Gasteiger charge is -2.11. The molecule has 2 N–H and O–H groups in total. The fourth-order valence-corrected chi connectivity index (χ4v) is 1.49. The van der Waals surface area contributed by atoms with Crippen LogP contribution in [0.1, 0.15) is 11.4 Å². The second-order valence-electron chi connectivity index (χ2n) is 3.95. The zero-order valence-electron chi connectivity index (χ0n) is 10.2. The molecule has 8 heteroatoms. The first kappa shape index (κ1) is 13.2. The molecule has 0 aliphatic heterocycles. The van der Waals surface area contributed by atoms with Crippen molar-refractivity contribution in [2.75, 3.05) is 5.73 Å². The summed E-state index contributed by atoms with van der Waals surface area (Å²) in [6.45, 7) is 1.74. The van der Waals surface area contributed by atoms with Crippen molar-refractivity contribution in [2.45, 2.75) is 13.1 Å². The number of pyridine rings is 1. The lowest BCUT2D eigenvalue weighted by Crippen LogP contribution is -2.09. The summed E-state index contributed by atoms with van der Waals surface area (Å²) in [4.78, 5) is 3.23. The molecule has 2 aromatic heterocycles. The summed E-state index contributed by atoms with van der Waals surface area (Å²) in [5, 5.41) is 4.02. The number of ether oxygens (including phenoxy) is 1. The van der Waals surface area contributed by atoms with Gasteiger partial charge in [-0.2, -0.15) is 18.3 Å². The highest BCUT2D eigenvalue weighted by molar-refractivity contribution is 5.52. The SMILES string of the molecule is Cc1cc(Oc2cc(C(F)(F)F)ncc2N)n(C)n1. The summed E-state index contributed by atoms with van der Waals surface area (Å²) in [5.41, 5.74) is 5.20. The van der Waals surface area contributed by atoms with E-state index in [0.717, 1.165) is 12.3 Å². The van der Waals surface area contributed by atoms with Gasteiger partial charge in [0, 0.05) is 19.2 Å². The molecule has 0 atom stereocenters. The van der Waals surface area contributed by atoms with Gasteiger partial charge in [0.25, 0.3) is 0 Å². The summed E-state index contributed by atoms with van der Waals surface area (Å²) < 4.78 is 44.4. The highest BCUT2D eigenvalue weighted by atomic mass is 19.4. The largest absolute Gasteiger partial charge is 0.437 e. The van der Waals surface area contributed by atoms with Crippen molar-refractivity contribution >= 4 is 5.69 Å². The number of nitrogens with two attached hydrogens (primary N) is 1. The molecule has 0 aromatic carbocycles. The van der Waals surface area contributed by atoms with Gasteiger partial charge in [-0.15, -0.1) is 0 Å². The van der Waals surface area contributed by atoms with Gasteiger partial charge in [0.15, 0.2) is 5.75 Å². The van der Waals surface area contributed by atoms with E-state index >= 15 is 0 Å². The third kappa shape index (κ3) is 2.78. The topological polar surface area (TPSA) is 66.0 Å². The Morgan fingerprint density at radius 1 is 1.32 bits per heavy atom. The third-order valence-electron chi connectivity index (χ3n) is 2.36. The Labute approximate surface area is 106 Å². The monoisotopic (exact) mass is 272 g/mol. The molecule has 0 bridgehead atoms. The first-order valence-electron chi connectivity index (χ1n) is 5.28. The van der Waals surface area contributed by atoms with Crippen LogP contribution in [0.3, 0.4) is 0 Å². The van der Waals surface area contributed by atoms with Gasteiger partial charge in [-0.3, -0.25) is 0 Å². The van der Waals surface area contributed by atoms with E-state index in [9.17, 15) is 13.2 Å². The van der Waals surface area contributed by atoms with Crippen LogP contribution in [0.5, 0.6) is 11.6 Å². The molecule has 0 saturated carbocycles.